The third-order valence-corrected chi connectivity index (χ3v) is 5.11. The van der Waals surface area contributed by atoms with E-state index in [1.54, 1.807) is 6.07 Å². The van der Waals surface area contributed by atoms with E-state index in [0.717, 1.165) is 12.1 Å². The van der Waals surface area contributed by atoms with Gasteiger partial charge in [0.05, 0.1) is 16.7 Å². The molecule has 176 valence electrons. The van der Waals surface area contributed by atoms with Crippen molar-refractivity contribution in [1.29, 1.82) is 0 Å². The first-order chi connectivity index (χ1) is 16.7. The summed E-state index contributed by atoms with van der Waals surface area (Å²) >= 11 is 0. The molecule has 0 bridgehead atoms. The lowest BCUT2D eigenvalue weighted by atomic mass is 10.1. The van der Waals surface area contributed by atoms with Crippen LogP contribution in [0, 0.1) is 10.1 Å². The Morgan fingerprint density at radius 3 is 2.54 bits per heavy atom. The van der Waals surface area contributed by atoms with Crippen LogP contribution in [0.25, 0.3) is 28.1 Å². The van der Waals surface area contributed by atoms with Crippen molar-refractivity contribution < 1.29 is 22.6 Å². The number of nitro groups is 1. The molecule has 0 aliphatic carbocycles. The van der Waals surface area contributed by atoms with Crippen molar-refractivity contribution >= 4 is 16.7 Å². The highest BCUT2D eigenvalue weighted by molar-refractivity contribution is 5.76. The summed E-state index contributed by atoms with van der Waals surface area (Å²) in [5, 5.41) is 19.3. The van der Waals surface area contributed by atoms with Crippen molar-refractivity contribution in [3.05, 3.63) is 93.0 Å². The number of halogens is 3. The number of nitro benzene ring substituents is 1. The van der Waals surface area contributed by atoms with Crippen LogP contribution in [0.15, 0.2) is 70.4 Å². The molecular weight excluding hydrogens is 471 g/mol. The summed E-state index contributed by atoms with van der Waals surface area (Å²) in [7, 11) is 0. The Bertz CT molecular complexity index is 1620. The van der Waals surface area contributed by atoms with Gasteiger partial charge in [0.2, 0.25) is 11.7 Å². The highest BCUT2D eigenvalue weighted by Gasteiger charge is 2.30. The van der Waals surface area contributed by atoms with Gasteiger partial charge in [-0.3, -0.25) is 19.5 Å². The zero-order chi connectivity index (χ0) is 24.7. The molecule has 0 aliphatic heterocycles. The van der Waals surface area contributed by atoms with E-state index in [4.69, 9.17) is 4.52 Å². The van der Waals surface area contributed by atoms with Gasteiger partial charge in [-0.15, -0.1) is 0 Å². The second kappa shape index (κ2) is 8.16. The van der Waals surface area contributed by atoms with Crippen molar-refractivity contribution in [3.63, 3.8) is 0 Å². The van der Waals surface area contributed by atoms with Crippen molar-refractivity contribution in [2.75, 3.05) is 0 Å². The lowest BCUT2D eigenvalue weighted by molar-refractivity contribution is -0.384. The number of nitrogens with zero attached hydrogens (tertiary/aromatic N) is 7. The average Bonchev–Trinajstić information content (AvgIpc) is 3.48. The van der Waals surface area contributed by atoms with Crippen LogP contribution < -0.4 is 5.56 Å². The number of rotatable bonds is 5. The Morgan fingerprint density at radius 1 is 1.09 bits per heavy atom. The van der Waals surface area contributed by atoms with Crippen molar-refractivity contribution in [2.45, 2.75) is 12.7 Å². The van der Waals surface area contributed by atoms with Crippen molar-refractivity contribution in [3.8, 4) is 17.1 Å². The molecule has 35 heavy (non-hydrogen) atoms. The normalized spacial score (nSPS) is 11.7. The third-order valence-electron chi connectivity index (χ3n) is 5.11. The Morgan fingerprint density at radius 2 is 1.83 bits per heavy atom. The van der Waals surface area contributed by atoms with Gasteiger partial charge in [-0.1, -0.05) is 29.4 Å². The minimum atomic E-state index is -4.47. The second-order valence-electron chi connectivity index (χ2n) is 7.30. The molecule has 0 saturated carbocycles. The molecule has 0 N–H and O–H groups in total. The predicted molar refractivity (Wildman–Crippen MR) is 114 cm³/mol. The maximum Gasteiger partial charge on any atom is 0.416 e. The highest BCUT2D eigenvalue weighted by atomic mass is 19.4. The Kier molecular flexibility index (Phi) is 5.12. The van der Waals surface area contributed by atoms with Crippen LogP contribution in [0.4, 0.5) is 18.9 Å². The molecule has 0 atom stereocenters. The Balaban J connectivity index is 1.44. The molecule has 5 aromatic rings. The van der Waals surface area contributed by atoms with E-state index < -0.39 is 22.2 Å². The Labute approximate surface area is 192 Å². The highest BCUT2D eigenvalue weighted by Crippen LogP contribution is 2.30. The van der Waals surface area contributed by atoms with Gasteiger partial charge in [0.15, 0.2) is 5.65 Å². The van der Waals surface area contributed by atoms with Crippen LogP contribution in [-0.2, 0) is 12.7 Å². The SMILES string of the molecule is O=c1c2cnn(-c3ccccc3[N+](=O)[O-])c2ncn1Cc1nc(-c2ccc(C(F)(F)F)cc2)no1. The van der Waals surface area contributed by atoms with Gasteiger partial charge in [-0.25, -0.2) is 9.67 Å². The molecule has 0 aliphatic rings. The summed E-state index contributed by atoms with van der Waals surface area (Å²) in [5.41, 5.74) is -0.942. The van der Waals surface area contributed by atoms with E-state index in [0.29, 0.717) is 5.56 Å². The van der Waals surface area contributed by atoms with Crippen LogP contribution in [-0.4, -0.2) is 34.4 Å². The average molecular weight is 483 g/mol. The molecule has 2 aromatic carbocycles. The number of para-hydroxylation sites is 2. The molecular formula is C21H12F3N7O4. The standard InChI is InChI=1S/C21H12F3N7O4/c22-21(23,24)13-7-5-12(6-8-13)18-27-17(35-28-18)10-29-11-25-19-14(20(29)32)9-26-30(19)15-3-1-2-4-16(15)31(33)34/h1-9,11H,10H2. The molecule has 0 unspecified atom stereocenters. The zero-order valence-corrected chi connectivity index (χ0v) is 17.4. The van der Waals surface area contributed by atoms with Gasteiger partial charge in [0, 0.05) is 11.6 Å². The van der Waals surface area contributed by atoms with E-state index in [9.17, 15) is 28.1 Å². The van der Waals surface area contributed by atoms with Gasteiger partial charge in [-0.05, 0) is 18.2 Å². The van der Waals surface area contributed by atoms with Gasteiger partial charge >= 0.3 is 6.18 Å². The van der Waals surface area contributed by atoms with Crippen LogP contribution in [0.2, 0.25) is 0 Å². The largest absolute Gasteiger partial charge is 0.416 e. The zero-order valence-electron chi connectivity index (χ0n) is 17.4. The molecule has 0 amide bonds. The van der Waals surface area contributed by atoms with E-state index in [2.05, 4.69) is 20.2 Å². The number of alkyl halides is 3. The minimum absolute atomic E-state index is 0.0224. The predicted octanol–water partition coefficient (Wildman–Crippen LogP) is 3.61. The summed E-state index contributed by atoms with van der Waals surface area (Å²) in [6, 6.07) is 10.2. The summed E-state index contributed by atoms with van der Waals surface area (Å²) in [6.45, 7) is -0.161. The quantitative estimate of drug-likeness (QED) is 0.273. The summed E-state index contributed by atoms with van der Waals surface area (Å²) in [6.07, 6.45) is -2.01. The lowest BCUT2D eigenvalue weighted by Crippen LogP contribution is -2.21. The van der Waals surface area contributed by atoms with Crippen molar-refractivity contribution in [2.24, 2.45) is 0 Å². The number of aromatic nitrogens is 6. The number of hydrogen-bond donors (Lipinski definition) is 0. The molecule has 0 saturated heterocycles. The van der Waals surface area contributed by atoms with E-state index in [-0.39, 0.29) is 40.7 Å². The van der Waals surface area contributed by atoms with Crippen LogP contribution >= 0.6 is 0 Å². The topological polar surface area (TPSA) is 135 Å². The molecule has 3 aromatic heterocycles. The molecule has 0 radical (unpaired) electrons. The molecule has 3 heterocycles. The van der Waals surface area contributed by atoms with Gasteiger partial charge in [0.25, 0.3) is 11.2 Å². The first-order valence-corrected chi connectivity index (χ1v) is 9.89. The number of hydrogen-bond acceptors (Lipinski definition) is 8. The van der Waals surface area contributed by atoms with Gasteiger partial charge in [0.1, 0.15) is 23.9 Å². The van der Waals surface area contributed by atoms with Crippen LogP contribution in [0.5, 0.6) is 0 Å². The fourth-order valence-electron chi connectivity index (χ4n) is 3.43. The molecule has 0 spiro atoms. The summed E-state index contributed by atoms with van der Waals surface area (Å²) in [5.74, 6) is 0.0780. The first kappa shape index (κ1) is 21.9. The van der Waals surface area contributed by atoms with Gasteiger partial charge < -0.3 is 4.52 Å². The monoisotopic (exact) mass is 483 g/mol. The molecule has 0 fully saturated rings. The third kappa shape index (κ3) is 4.01. The molecule has 5 rings (SSSR count). The van der Waals surface area contributed by atoms with E-state index >= 15 is 0 Å². The first-order valence-electron chi connectivity index (χ1n) is 9.89. The number of fused-ring (bicyclic) bond motifs is 1. The Hall–Kier alpha value is -4.88. The van der Waals surface area contributed by atoms with E-state index in [1.807, 2.05) is 0 Å². The van der Waals surface area contributed by atoms with Crippen LogP contribution in [0.3, 0.4) is 0 Å². The molecule has 14 heteroatoms. The van der Waals surface area contributed by atoms with Crippen molar-refractivity contribution in [1.82, 2.24) is 29.5 Å². The van der Waals surface area contributed by atoms with Gasteiger partial charge in [-0.2, -0.15) is 23.3 Å². The minimum Gasteiger partial charge on any atom is -0.337 e. The smallest absolute Gasteiger partial charge is 0.337 e. The maximum atomic E-state index is 12.9. The van der Waals surface area contributed by atoms with Crippen LogP contribution in [0.1, 0.15) is 11.5 Å². The molecule has 11 nitrogen and oxygen atoms in total. The number of benzene rings is 2. The summed E-state index contributed by atoms with van der Waals surface area (Å²) < 4.78 is 45.8. The van der Waals surface area contributed by atoms with E-state index in [1.165, 1.54) is 52.1 Å². The fourth-order valence-corrected chi connectivity index (χ4v) is 3.43. The summed E-state index contributed by atoms with van der Waals surface area (Å²) in [4.78, 5) is 32.1. The maximum absolute atomic E-state index is 12.9. The lowest BCUT2D eigenvalue weighted by Gasteiger charge is -2.06. The fraction of sp³-hybridized carbons (Fsp3) is 0.0952. The second-order valence-corrected chi connectivity index (χ2v) is 7.30.